The van der Waals surface area contributed by atoms with E-state index < -0.39 is 17.6 Å². The van der Waals surface area contributed by atoms with Crippen molar-refractivity contribution in [2.24, 2.45) is 0 Å². The summed E-state index contributed by atoms with van der Waals surface area (Å²) in [5.74, 6) is -2.34. The maximum absolute atomic E-state index is 13.6. The van der Waals surface area contributed by atoms with Gasteiger partial charge in [-0.2, -0.15) is 0 Å². The van der Waals surface area contributed by atoms with Gasteiger partial charge in [0.25, 0.3) is 0 Å². The van der Waals surface area contributed by atoms with Gasteiger partial charge in [0.15, 0.2) is 0 Å². The number of carbonyl (C=O) groups excluding carboxylic acids is 1. The highest BCUT2D eigenvalue weighted by Gasteiger charge is 2.08. The number of benzene rings is 2. The van der Waals surface area contributed by atoms with Crippen LogP contribution in [0.2, 0.25) is 0 Å². The van der Waals surface area contributed by atoms with Crippen molar-refractivity contribution in [1.29, 1.82) is 0 Å². The zero-order valence-corrected chi connectivity index (χ0v) is 9.54. The summed E-state index contributed by atoms with van der Waals surface area (Å²) in [5.41, 5.74) is 0.786. The van der Waals surface area contributed by atoms with Crippen molar-refractivity contribution in [3.63, 3.8) is 0 Å². The molecule has 0 unspecified atom stereocenters. The highest BCUT2D eigenvalue weighted by atomic mass is 19.1. The van der Waals surface area contributed by atoms with Gasteiger partial charge in [0.2, 0.25) is 0 Å². The van der Waals surface area contributed by atoms with Crippen molar-refractivity contribution < 1.29 is 18.7 Å². The van der Waals surface area contributed by atoms with E-state index in [4.69, 9.17) is 0 Å². The number of aryl methyl sites for hydroxylation is 1. The number of aromatic carboxylic acids is 1. The Kier molecular flexibility index (Phi) is 3.10. The van der Waals surface area contributed by atoms with Gasteiger partial charge in [-0.05, 0) is 47.9 Å². The molecule has 0 radical (unpaired) electrons. The lowest BCUT2D eigenvalue weighted by atomic mass is 10.0. The summed E-state index contributed by atoms with van der Waals surface area (Å²) in [5, 5.41) is 10.7. The highest BCUT2D eigenvalue weighted by Crippen LogP contribution is 2.25. The van der Waals surface area contributed by atoms with Crippen LogP contribution < -0.4 is 5.11 Å². The van der Waals surface area contributed by atoms with Crippen LogP contribution in [0.1, 0.15) is 15.9 Å². The molecule has 0 saturated heterocycles. The second-order valence-electron chi connectivity index (χ2n) is 3.95. The minimum atomic E-state index is -1.38. The van der Waals surface area contributed by atoms with Crippen LogP contribution in [-0.2, 0) is 0 Å². The Morgan fingerprint density at radius 3 is 2.33 bits per heavy atom. The summed E-state index contributed by atoms with van der Waals surface area (Å²) < 4.78 is 26.8. The summed E-state index contributed by atoms with van der Waals surface area (Å²) in [7, 11) is 0. The molecule has 2 nitrogen and oxygen atoms in total. The molecule has 0 spiro atoms. The molecule has 2 rings (SSSR count). The van der Waals surface area contributed by atoms with Crippen LogP contribution in [0, 0.1) is 18.6 Å². The number of carbonyl (C=O) groups is 1. The van der Waals surface area contributed by atoms with Gasteiger partial charge in [-0.15, -0.1) is 0 Å². The average molecular weight is 247 g/mol. The van der Waals surface area contributed by atoms with Gasteiger partial charge in [-0.25, -0.2) is 8.78 Å². The Balaban J connectivity index is 2.58. The molecular formula is C14H9F2O2-. The first kappa shape index (κ1) is 12.2. The fourth-order valence-corrected chi connectivity index (χ4v) is 1.69. The molecule has 0 aliphatic heterocycles. The molecule has 0 saturated carbocycles. The number of carboxylic acid groups (broad SMARTS) is 1. The van der Waals surface area contributed by atoms with Crippen LogP contribution in [0.25, 0.3) is 11.1 Å². The SMILES string of the molecule is Cc1cc(-c2cc(C(=O)[O-])ccc2F)ccc1F. The summed E-state index contributed by atoms with van der Waals surface area (Å²) in [4.78, 5) is 10.7. The summed E-state index contributed by atoms with van der Waals surface area (Å²) in [6.07, 6.45) is 0. The van der Waals surface area contributed by atoms with Gasteiger partial charge in [-0.1, -0.05) is 12.1 Å². The van der Waals surface area contributed by atoms with Crippen molar-refractivity contribution in [1.82, 2.24) is 0 Å². The molecule has 0 N–H and O–H groups in total. The van der Waals surface area contributed by atoms with E-state index in [1.165, 1.54) is 24.3 Å². The smallest absolute Gasteiger partial charge is 0.131 e. The van der Waals surface area contributed by atoms with Gasteiger partial charge in [0.05, 0.1) is 5.97 Å². The van der Waals surface area contributed by atoms with Crippen molar-refractivity contribution in [2.75, 3.05) is 0 Å². The Hall–Kier alpha value is -2.23. The molecule has 0 atom stereocenters. The highest BCUT2D eigenvalue weighted by molar-refractivity contribution is 5.87. The molecule has 0 aliphatic rings. The summed E-state index contributed by atoms with van der Waals surface area (Å²) >= 11 is 0. The van der Waals surface area contributed by atoms with Crippen LogP contribution in [0.4, 0.5) is 8.78 Å². The number of rotatable bonds is 2. The van der Waals surface area contributed by atoms with Gasteiger partial charge in [0.1, 0.15) is 11.6 Å². The van der Waals surface area contributed by atoms with Crippen molar-refractivity contribution >= 4 is 5.97 Å². The maximum Gasteiger partial charge on any atom is 0.131 e. The standard InChI is InChI=1S/C14H10F2O2/c1-8-6-9(2-4-12(8)15)11-7-10(14(17)18)3-5-13(11)16/h2-7H,1H3,(H,17,18)/p-1. The number of carboxylic acids is 1. The largest absolute Gasteiger partial charge is 0.545 e. The lowest BCUT2D eigenvalue weighted by Crippen LogP contribution is -2.22. The minimum absolute atomic E-state index is 0.111. The molecule has 0 fully saturated rings. The van der Waals surface area contributed by atoms with E-state index in [9.17, 15) is 18.7 Å². The second-order valence-corrected chi connectivity index (χ2v) is 3.95. The summed E-state index contributed by atoms with van der Waals surface area (Å²) in [6, 6.07) is 7.45. The zero-order chi connectivity index (χ0) is 13.3. The number of hydrogen-bond acceptors (Lipinski definition) is 2. The van der Waals surface area contributed by atoms with Crippen LogP contribution in [0.5, 0.6) is 0 Å². The van der Waals surface area contributed by atoms with E-state index in [2.05, 4.69) is 0 Å². The third kappa shape index (κ3) is 2.22. The molecule has 0 heterocycles. The molecule has 92 valence electrons. The van der Waals surface area contributed by atoms with Crippen LogP contribution in [-0.4, -0.2) is 5.97 Å². The van der Waals surface area contributed by atoms with Crippen molar-refractivity contribution in [3.05, 3.63) is 59.2 Å². The molecule has 18 heavy (non-hydrogen) atoms. The minimum Gasteiger partial charge on any atom is -0.545 e. The van der Waals surface area contributed by atoms with E-state index >= 15 is 0 Å². The topological polar surface area (TPSA) is 40.1 Å². The predicted molar refractivity (Wildman–Crippen MR) is 60.9 cm³/mol. The van der Waals surface area contributed by atoms with Crippen molar-refractivity contribution in [2.45, 2.75) is 6.92 Å². The average Bonchev–Trinajstić information content (AvgIpc) is 2.33. The molecule has 0 aromatic heterocycles. The first-order chi connectivity index (χ1) is 8.49. The third-order valence-corrected chi connectivity index (χ3v) is 2.67. The van der Waals surface area contributed by atoms with E-state index in [0.29, 0.717) is 11.1 Å². The van der Waals surface area contributed by atoms with Gasteiger partial charge in [0, 0.05) is 5.56 Å². The van der Waals surface area contributed by atoms with E-state index in [1.54, 1.807) is 6.92 Å². The van der Waals surface area contributed by atoms with Crippen LogP contribution in [0.3, 0.4) is 0 Å². The molecule has 2 aromatic carbocycles. The van der Waals surface area contributed by atoms with Gasteiger partial charge >= 0.3 is 0 Å². The third-order valence-electron chi connectivity index (χ3n) is 2.67. The number of hydrogen-bond donors (Lipinski definition) is 0. The van der Waals surface area contributed by atoms with Gasteiger partial charge in [-0.3, -0.25) is 0 Å². The molecule has 0 amide bonds. The second kappa shape index (κ2) is 4.56. The Morgan fingerprint density at radius 2 is 1.72 bits per heavy atom. The molecule has 0 aliphatic carbocycles. The fourth-order valence-electron chi connectivity index (χ4n) is 1.69. The maximum atomic E-state index is 13.6. The lowest BCUT2D eigenvalue weighted by molar-refractivity contribution is -0.255. The zero-order valence-electron chi connectivity index (χ0n) is 9.54. The molecule has 2 aromatic rings. The molecule has 0 bridgehead atoms. The van der Waals surface area contributed by atoms with Crippen molar-refractivity contribution in [3.8, 4) is 11.1 Å². The quantitative estimate of drug-likeness (QED) is 0.817. The Morgan fingerprint density at radius 1 is 1.06 bits per heavy atom. The van der Waals surface area contributed by atoms with E-state index in [1.807, 2.05) is 0 Å². The lowest BCUT2D eigenvalue weighted by Gasteiger charge is -2.09. The number of halogens is 2. The fraction of sp³-hybridized carbons (Fsp3) is 0.0714. The van der Waals surface area contributed by atoms with Crippen LogP contribution in [0.15, 0.2) is 36.4 Å². The normalized spacial score (nSPS) is 10.4. The van der Waals surface area contributed by atoms with E-state index in [0.717, 1.165) is 12.1 Å². The Labute approximate surface area is 103 Å². The van der Waals surface area contributed by atoms with Crippen LogP contribution >= 0.6 is 0 Å². The monoisotopic (exact) mass is 247 g/mol. The molecular weight excluding hydrogens is 238 g/mol. The first-order valence-corrected chi connectivity index (χ1v) is 5.26. The van der Waals surface area contributed by atoms with Gasteiger partial charge < -0.3 is 9.90 Å². The van der Waals surface area contributed by atoms with E-state index in [-0.39, 0.29) is 11.1 Å². The predicted octanol–water partition coefficient (Wildman–Crippen LogP) is 2.30. The summed E-state index contributed by atoms with van der Waals surface area (Å²) in [6.45, 7) is 1.55. The molecule has 4 heteroatoms. The Bertz CT molecular complexity index is 621. The first-order valence-electron chi connectivity index (χ1n) is 5.26.